The predicted molar refractivity (Wildman–Crippen MR) is 108 cm³/mol. The zero-order valence-electron chi connectivity index (χ0n) is 16.5. The number of esters is 1. The minimum atomic E-state index is -0.741. The summed E-state index contributed by atoms with van der Waals surface area (Å²) >= 11 is 0. The lowest BCUT2D eigenvalue weighted by Crippen LogP contribution is -2.43. The van der Waals surface area contributed by atoms with Gasteiger partial charge in [-0.15, -0.1) is 0 Å². The van der Waals surface area contributed by atoms with Crippen LogP contribution in [-0.4, -0.2) is 47.3 Å². The van der Waals surface area contributed by atoms with Crippen LogP contribution < -0.4 is 0 Å². The standard InChI is InChI=1S/C23H29NO4/c1-16(22(26)19-8-9-21(25)20(15-19)23(27)28-2)24-12-10-18(11-13-24)14-17-6-4-3-5-7-17/h3-9,15-16,18,22,25-26H,10-14H2,1-2H3. The molecule has 2 atom stereocenters. The highest BCUT2D eigenvalue weighted by molar-refractivity contribution is 5.92. The molecule has 1 aliphatic rings. The first-order valence-corrected chi connectivity index (χ1v) is 9.87. The van der Waals surface area contributed by atoms with Gasteiger partial charge in [0.25, 0.3) is 0 Å². The summed E-state index contributed by atoms with van der Waals surface area (Å²) in [4.78, 5) is 14.1. The number of ether oxygens (including phenoxy) is 1. The van der Waals surface area contributed by atoms with Crippen molar-refractivity contribution in [1.82, 2.24) is 4.90 Å². The van der Waals surface area contributed by atoms with Gasteiger partial charge in [-0.3, -0.25) is 4.90 Å². The van der Waals surface area contributed by atoms with Gasteiger partial charge >= 0.3 is 5.97 Å². The molecule has 5 heteroatoms. The fourth-order valence-corrected chi connectivity index (χ4v) is 4.00. The van der Waals surface area contributed by atoms with Gasteiger partial charge < -0.3 is 14.9 Å². The van der Waals surface area contributed by atoms with E-state index in [1.54, 1.807) is 6.07 Å². The van der Waals surface area contributed by atoms with E-state index >= 15 is 0 Å². The van der Waals surface area contributed by atoms with Crippen molar-refractivity contribution < 1.29 is 19.7 Å². The van der Waals surface area contributed by atoms with Crippen LogP contribution in [0.5, 0.6) is 5.75 Å². The molecule has 1 fully saturated rings. The van der Waals surface area contributed by atoms with Crippen molar-refractivity contribution in [3.8, 4) is 5.75 Å². The maximum Gasteiger partial charge on any atom is 0.341 e. The number of phenols is 1. The third-order valence-electron chi connectivity index (χ3n) is 5.82. The first-order chi connectivity index (χ1) is 13.5. The molecular weight excluding hydrogens is 354 g/mol. The van der Waals surface area contributed by atoms with Crippen molar-refractivity contribution in [3.63, 3.8) is 0 Å². The van der Waals surface area contributed by atoms with E-state index in [1.807, 2.05) is 13.0 Å². The number of aromatic hydroxyl groups is 1. The lowest BCUT2D eigenvalue weighted by molar-refractivity contribution is 0.0372. The van der Waals surface area contributed by atoms with Gasteiger partial charge in [-0.2, -0.15) is 0 Å². The van der Waals surface area contributed by atoms with Gasteiger partial charge in [-0.05, 0) is 68.5 Å². The van der Waals surface area contributed by atoms with Gasteiger partial charge in [0.1, 0.15) is 11.3 Å². The van der Waals surface area contributed by atoms with Crippen LogP contribution in [0.25, 0.3) is 0 Å². The van der Waals surface area contributed by atoms with Crippen molar-refractivity contribution >= 4 is 5.97 Å². The molecule has 2 unspecified atom stereocenters. The molecule has 0 aromatic heterocycles. The summed E-state index contributed by atoms with van der Waals surface area (Å²) in [6, 6.07) is 15.1. The molecule has 2 aromatic carbocycles. The highest BCUT2D eigenvalue weighted by atomic mass is 16.5. The molecule has 150 valence electrons. The molecule has 2 aromatic rings. The number of aliphatic hydroxyl groups is 1. The summed E-state index contributed by atoms with van der Waals surface area (Å²) in [6.45, 7) is 3.89. The highest BCUT2D eigenvalue weighted by Crippen LogP contribution is 2.29. The van der Waals surface area contributed by atoms with Gasteiger partial charge in [0, 0.05) is 6.04 Å². The Kier molecular flexibility index (Phi) is 6.70. The fraction of sp³-hybridized carbons (Fsp3) is 0.435. The molecule has 1 heterocycles. The molecule has 2 N–H and O–H groups in total. The van der Waals surface area contributed by atoms with Crippen LogP contribution in [0.3, 0.4) is 0 Å². The van der Waals surface area contributed by atoms with Gasteiger partial charge in [0.2, 0.25) is 0 Å². The number of nitrogens with zero attached hydrogens (tertiary/aromatic N) is 1. The monoisotopic (exact) mass is 383 g/mol. The quantitative estimate of drug-likeness (QED) is 0.747. The largest absolute Gasteiger partial charge is 0.507 e. The molecule has 1 saturated heterocycles. The van der Waals surface area contributed by atoms with Crippen LogP contribution in [0.2, 0.25) is 0 Å². The third kappa shape index (κ3) is 4.72. The molecule has 5 nitrogen and oxygen atoms in total. The molecule has 1 aliphatic heterocycles. The van der Waals surface area contributed by atoms with E-state index in [-0.39, 0.29) is 17.4 Å². The van der Waals surface area contributed by atoms with Crippen LogP contribution in [0.1, 0.15) is 47.4 Å². The summed E-state index contributed by atoms with van der Waals surface area (Å²) in [7, 11) is 1.27. The van der Waals surface area contributed by atoms with Crippen molar-refractivity contribution in [1.29, 1.82) is 0 Å². The average Bonchev–Trinajstić information content (AvgIpc) is 2.74. The highest BCUT2D eigenvalue weighted by Gasteiger charge is 2.28. The average molecular weight is 383 g/mol. The Morgan fingerprint density at radius 3 is 2.50 bits per heavy atom. The Morgan fingerprint density at radius 2 is 1.86 bits per heavy atom. The second kappa shape index (κ2) is 9.22. The zero-order chi connectivity index (χ0) is 20.1. The van der Waals surface area contributed by atoms with Crippen LogP contribution in [0.4, 0.5) is 0 Å². The third-order valence-corrected chi connectivity index (χ3v) is 5.82. The molecular formula is C23H29NO4. The van der Waals surface area contributed by atoms with Crippen LogP contribution >= 0.6 is 0 Å². The van der Waals surface area contributed by atoms with Crippen molar-refractivity contribution in [2.75, 3.05) is 20.2 Å². The second-order valence-corrected chi connectivity index (χ2v) is 7.62. The number of aliphatic hydroxyl groups excluding tert-OH is 1. The Labute approximate surface area is 166 Å². The van der Waals surface area contributed by atoms with E-state index in [9.17, 15) is 15.0 Å². The molecule has 0 aliphatic carbocycles. The Morgan fingerprint density at radius 1 is 1.18 bits per heavy atom. The topological polar surface area (TPSA) is 70.0 Å². The Hall–Kier alpha value is -2.37. The number of benzene rings is 2. The summed E-state index contributed by atoms with van der Waals surface area (Å²) in [5.41, 5.74) is 2.07. The van der Waals surface area contributed by atoms with Crippen molar-refractivity contribution in [2.24, 2.45) is 5.92 Å². The van der Waals surface area contributed by atoms with E-state index in [0.29, 0.717) is 11.5 Å². The SMILES string of the molecule is COC(=O)c1cc(C(O)C(C)N2CCC(Cc3ccccc3)CC2)ccc1O. The lowest BCUT2D eigenvalue weighted by atomic mass is 9.89. The van der Waals surface area contributed by atoms with Gasteiger partial charge in [-0.1, -0.05) is 36.4 Å². The van der Waals surface area contributed by atoms with Crippen molar-refractivity contribution in [2.45, 2.75) is 38.3 Å². The zero-order valence-corrected chi connectivity index (χ0v) is 16.5. The number of piperidine rings is 1. The van der Waals surface area contributed by atoms with E-state index in [0.717, 1.165) is 32.4 Å². The maximum absolute atomic E-state index is 11.8. The summed E-state index contributed by atoms with van der Waals surface area (Å²) in [6.07, 6.45) is 2.57. The molecule has 3 rings (SSSR count). The first kappa shape index (κ1) is 20.4. The minimum absolute atomic E-state index is 0.0762. The molecule has 0 radical (unpaired) electrons. The maximum atomic E-state index is 11.8. The van der Waals surface area contributed by atoms with E-state index < -0.39 is 12.1 Å². The Bertz CT molecular complexity index is 784. The summed E-state index contributed by atoms with van der Waals surface area (Å²) < 4.78 is 4.70. The number of hydrogen-bond acceptors (Lipinski definition) is 5. The number of likely N-dealkylation sites (tertiary alicyclic amines) is 1. The molecule has 0 amide bonds. The number of phenolic OH excluding ortho intramolecular Hbond substituents is 1. The molecule has 0 saturated carbocycles. The number of carbonyl (C=O) groups is 1. The van der Waals surface area contributed by atoms with Crippen molar-refractivity contribution in [3.05, 3.63) is 65.2 Å². The predicted octanol–water partition coefficient (Wildman–Crippen LogP) is 3.56. The van der Waals surface area contributed by atoms with E-state index in [2.05, 4.69) is 29.2 Å². The smallest absolute Gasteiger partial charge is 0.341 e. The second-order valence-electron chi connectivity index (χ2n) is 7.62. The fourth-order valence-electron chi connectivity index (χ4n) is 4.00. The number of rotatable bonds is 6. The molecule has 0 spiro atoms. The minimum Gasteiger partial charge on any atom is -0.507 e. The molecule has 0 bridgehead atoms. The number of hydrogen-bond donors (Lipinski definition) is 2. The first-order valence-electron chi connectivity index (χ1n) is 9.87. The number of carbonyl (C=O) groups excluding carboxylic acids is 1. The van der Waals surface area contributed by atoms with Gasteiger partial charge in [-0.25, -0.2) is 4.79 Å². The van der Waals surface area contributed by atoms with Crippen LogP contribution in [-0.2, 0) is 11.2 Å². The lowest BCUT2D eigenvalue weighted by Gasteiger charge is -2.38. The number of methoxy groups -OCH3 is 1. The molecule has 28 heavy (non-hydrogen) atoms. The normalized spacial score (nSPS) is 17.8. The van der Waals surface area contributed by atoms with E-state index in [4.69, 9.17) is 4.74 Å². The van der Waals surface area contributed by atoms with Crippen LogP contribution in [0.15, 0.2) is 48.5 Å². The Balaban J connectivity index is 1.60. The van der Waals surface area contributed by atoms with Gasteiger partial charge in [0.15, 0.2) is 0 Å². The summed E-state index contributed by atoms with van der Waals surface area (Å²) in [5.74, 6) is -0.0827. The summed E-state index contributed by atoms with van der Waals surface area (Å²) in [5, 5.41) is 20.7. The van der Waals surface area contributed by atoms with Gasteiger partial charge in [0.05, 0.1) is 13.2 Å². The van der Waals surface area contributed by atoms with Crippen LogP contribution in [0, 0.1) is 5.92 Å². The van der Waals surface area contributed by atoms with E-state index in [1.165, 1.54) is 24.8 Å².